The van der Waals surface area contributed by atoms with Gasteiger partial charge in [-0.15, -0.1) is 18.2 Å². The van der Waals surface area contributed by atoms with E-state index in [1.807, 2.05) is 11.4 Å². The van der Waals surface area contributed by atoms with E-state index < -0.39 is 0 Å². The average molecular weight is 223 g/mol. The summed E-state index contributed by atoms with van der Waals surface area (Å²) in [5.74, 6) is 3.21. The van der Waals surface area contributed by atoms with E-state index in [0.717, 1.165) is 0 Å². The molecule has 2 heterocycles. The van der Waals surface area contributed by atoms with Crippen LogP contribution in [-0.2, 0) is 4.79 Å². The first kappa shape index (κ1) is 9.63. The molecule has 2 nitrogen and oxygen atoms in total. The van der Waals surface area contributed by atoms with Crippen molar-refractivity contribution in [1.29, 1.82) is 0 Å². The van der Waals surface area contributed by atoms with Crippen molar-refractivity contribution in [3.63, 3.8) is 0 Å². The van der Waals surface area contributed by atoms with Gasteiger partial charge in [-0.2, -0.15) is 11.3 Å². The molecular formula is C10H9NOS2. The highest BCUT2D eigenvalue weighted by molar-refractivity contribution is 8.00. The Kier molecular flexibility index (Phi) is 2.80. The molecule has 1 amide bonds. The van der Waals surface area contributed by atoms with E-state index in [4.69, 9.17) is 6.42 Å². The van der Waals surface area contributed by atoms with Crippen LogP contribution in [0.25, 0.3) is 0 Å². The number of carbonyl (C=O) groups excluding carboxylic acids is 1. The highest BCUT2D eigenvalue weighted by Gasteiger charge is 2.32. The van der Waals surface area contributed by atoms with Crippen LogP contribution in [0.3, 0.4) is 0 Å². The number of carbonyl (C=O) groups is 1. The van der Waals surface area contributed by atoms with Gasteiger partial charge < -0.3 is 4.90 Å². The van der Waals surface area contributed by atoms with E-state index in [9.17, 15) is 4.79 Å². The second-order valence-corrected chi connectivity index (χ2v) is 4.79. The van der Waals surface area contributed by atoms with Crippen LogP contribution in [0.2, 0.25) is 0 Å². The van der Waals surface area contributed by atoms with Gasteiger partial charge in [0.25, 0.3) is 0 Å². The predicted octanol–water partition coefficient (Wildman–Crippen LogP) is 1.96. The maximum atomic E-state index is 11.5. The summed E-state index contributed by atoms with van der Waals surface area (Å²) in [6.07, 6.45) is 5.24. The van der Waals surface area contributed by atoms with Crippen molar-refractivity contribution in [3.05, 3.63) is 22.4 Å². The molecular weight excluding hydrogens is 214 g/mol. The molecule has 0 N–H and O–H groups in total. The second-order valence-electron chi connectivity index (χ2n) is 2.95. The lowest BCUT2D eigenvalue weighted by Gasteiger charge is -2.20. The van der Waals surface area contributed by atoms with Crippen molar-refractivity contribution >= 4 is 29.0 Å². The van der Waals surface area contributed by atoms with E-state index in [0.29, 0.717) is 12.3 Å². The summed E-state index contributed by atoms with van der Waals surface area (Å²) >= 11 is 3.29. The molecule has 0 bridgehead atoms. The molecule has 1 aromatic heterocycles. The molecule has 0 saturated carbocycles. The minimum absolute atomic E-state index is 0.129. The number of amides is 1. The van der Waals surface area contributed by atoms with Gasteiger partial charge >= 0.3 is 0 Å². The third-order valence-corrected chi connectivity index (χ3v) is 4.02. The first-order chi connectivity index (χ1) is 6.83. The molecule has 1 aromatic rings. The van der Waals surface area contributed by atoms with Gasteiger partial charge in [-0.3, -0.25) is 4.79 Å². The van der Waals surface area contributed by atoms with Crippen LogP contribution in [0.1, 0.15) is 10.9 Å². The van der Waals surface area contributed by atoms with Crippen LogP contribution in [0.4, 0.5) is 0 Å². The summed E-state index contributed by atoms with van der Waals surface area (Å²) < 4.78 is 0. The summed E-state index contributed by atoms with van der Waals surface area (Å²) in [4.78, 5) is 13.2. The molecule has 0 radical (unpaired) electrons. The topological polar surface area (TPSA) is 20.3 Å². The molecule has 1 atom stereocenters. The molecule has 2 rings (SSSR count). The van der Waals surface area contributed by atoms with Gasteiger partial charge in [-0.25, -0.2) is 0 Å². The van der Waals surface area contributed by atoms with Gasteiger partial charge in [0.15, 0.2) is 0 Å². The number of terminal acetylenes is 1. The monoisotopic (exact) mass is 223 g/mol. The van der Waals surface area contributed by atoms with Crippen molar-refractivity contribution < 1.29 is 4.79 Å². The molecule has 72 valence electrons. The van der Waals surface area contributed by atoms with Crippen molar-refractivity contribution in [2.75, 3.05) is 12.3 Å². The van der Waals surface area contributed by atoms with Gasteiger partial charge in [0.05, 0.1) is 12.3 Å². The van der Waals surface area contributed by atoms with Crippen LogP contribution in [0.15, 0.2) is 16.8 Å². The Hall–Kier alpha value is -0.920. The van der Waals surface area contributed by atoms with Gasteiger partial charge in [-0.1, -0.05) is 5.92 Å². The Bertz CT molecular complexity index is 366. The van der Waals surface area contributed by atoms with Crippen LogP contribution < -0.4 is 0 Å². The number of hydrogen-bond acceptors (Lipinski definition) is 3. The van der Waals surface area contributed by atoms with Crippen LogP contribution in [0, 0.1) is 12.3 Å². The zero-order chi connectivity index (χ0) is 9.97. The Balaban J connectivity index is 2.20. The largest absolute Gasteiger partial charge is 0.315 e. The molecule has 1 saturated heterocycles. The smallest absolute Gasteiger partial charge is 0.234 e. The highest BCUT2D eigenvalue weighted by Crippen LogP contribution is 2.38. The quantitative estimate of drug-likeness (QED) is 0.714. The Morgan fingerprint density at radius 2 is 2.57 bits per heavy atom. The van der Waals surface area contributed by atoms with Crippen molar-refractivity contribution in [2.24, 2.45) is 0 Å². The van der Waals surface area contributed by atoms with Crippen molar-refractivity contribution in [3.8, 4) is 12.3 Å². The second kappa shape index (κ2) is 4.07. The summed E-state index contributed by atoms with van der Waals surface area (Å²) in [5.41, 5.74) is 1.18. The fourth-order valence-corrected chi connectivity index (χ4v) is 3.36. The lowest BCUT2D eigenvalue weighted by Crippen LogP contribution is -2.28. The molecule has 1 fully saturated rings. The fourth-order valence-electron chi connectivity index (χ4n) is 1.42. The lowest BCUT2D eigenvalue weighted by molar-refractivity contribution is -0.127. The minimum atomic E-state index is 0.129. The van der Waals surface area contributed by atoms with E-state index in [2.05, 4.69) is 11.3 Å². The summed E-state index contributed by atoms with van der Waals surface area (Å²) in [6.45, 7) is 0.409. The van der Waals surface area contributed by atoms with Gasteiger partial charge in [0.1, 0.15) is 5.37 Å². The minimum Gasteiger partial charge on any atom is -0.315 e. The number of thioether (sulfide) groups is 1. The van der Waals surface area contributed by atoms with E-state index in [-0.39, 0.29) is 11.3 Å². The summed E-state index contributed by atoms with van der Waals surface area (Å²) in [7, 11) is 0. The molecule has 0 aromatic carbocycles. The van der Waals surface area contributed by atoms with E-state index in [1.165, 1.54) is 5.56 Å². The Morgan fingerprint density at radius 3 is 3.21 bits per heavy atom. The summed E-state index contributed by atoms with van der Waals surface area (Å²) in [5, 5.41) is 4.22. The number of rotatable bonds is 2. The van der Waals surface area contributed by atoms with E-state index >= 15 is 0 Å². The summed E-state index contributed by atoms with van der Waals surface area (Å²) in [6, 6.07) is 2.05. The lowest BCUT2D eigenvalue weighted by atomic mass is 10.3. The predicted molar refractivity (Wildman–Crippen MR) is 60.1 cm³/mol. The van der Waals surface area contributed by atoms with Gasteiger partial charge in [0, 0.05) is 0 Å². The molecule has 1 aliphatic heterocycles. The molecule has 0 spiro atoms. The maximum Gasteiger partial charge on any atom is 0.234 e. The van der Waals surface area contributed by atoms with Gasteiger partial charge in [0.2, 0.25) is 5.91 Å². The Labute approximate surface area is 91.3 Å². The zero-order valence-electron chi connectivity index (χ0n) is 7.47. The third kappa shape index (κ3) is 1.66. The molecule has 4 heteroatoms. The first-order valence-electron chi connectivity index (χ1n) is 4.19. The fraction of sp³-hybridized carbons (Fsp3) is 0.300. The number of nitrogens with zero attached hydrogens (tertiary/aromatic N) is 1. The first-order valence-corrected chi connectivity index (χ1v) is 6.18. The zero-order valence-corrected chi connectivity index (χ0v) is 9.11. The van der Waals surface area contributed by atoms with Crippen LogP contribution in [-0.4, -0.2) is 23.1 Å². The SMILES string of the molecule is C#CCN1C(=O)CSC1c1ccsc1. The molecule has 14 heavy (non-hydrogen) atoms. The van der Waals surface area contributed by atoms with E-state index in [1.54, 1.807) is 28.0 Å². The number of hydrogen-bond donors (Lipinski definition) is 0. The third-order valence-electron chi connectivity index (χ3n) is 2.06. The van der Waals surface area contributed by atoms with Gasteiger partial charge in [-0.05, 0) is 22.4 Å². The van der Waals surface area contributed by atoms with Crippen molar-refractivity contribution in [2.45, 2.75) is 5.37 Å². The highest BCUT2D eigenvalue weighted by atomic mass is 32.2. The standard InChI is InChI=1S/C10H9NOS2/c1-2-4-11-9(12)7-14-10(11)8-3-5-13-6-8/h1,3,5-6,10H,4,7H2. The van der Waals surface area contributed by atoms with Crippen LogP contribution in [0.5, 0.6) is 0 Å². The van der Waals surface area contributed by atoms with Crippen LogP contribution >= 0.6 is 23.1 Å². The average Bonchev–Trinajstić information content (AvgIpc) is 2.77. The molecule has 1 aliphatic rings. The molecule has 0 aliphatic carbocycles. The maximum absolute atomic E-state index is 11.5. The normalized spacial score (nSPS) is 21.2. The Morgan fingerprint density at radius 1 is 1.71 bits per heavy atom. The van der Waals surface area contributed by atoms with Crippen molar-refractivity contribution in [1.82, 2.24) is 4.90 Å². The molecule has 1 unspecified atom stereocenters. The number of thiophene rings is 1.